The number of hydrazine groups is 1. The quantitative estimate of drug-likeness (QED) is 0.522. The van der Waals surface area contributed by atoms with Gasteiger partial charge in [0.05, 0.1) is 25.0 Å². The van der Waals surface area contributed by atoms with E-state index in [1.165, 1.54) is 0 Å². The minimum Gasteiger partial charge on any atom is -0.383 e. The van der Waals surface area contributed by atoms with Gasteiger partial charge in [0.1, 0.15) is 11.5 Å². The summed E-state index contributed by atoms with van der Waals surface area (Å²) in [6, 6.07) is 4.96. The molecule has 0 spiro atoms. The van der Waals surface area contributed by atoms with Gasteiger partial charge in [-0.2, -0.15) is 5.10 Å². The second-order valence-electron chi connectivity index (χ2n) is 3.99. The Morgan fingerprint density at radius 2 is 2.35 bits per heavy atom. The van der Waals surface area contributed by atoms with Crippen LogP contribution in [0.1, 0.15) is 10.5 Å². The largest absolute Gasteiger partial charge is 0.383 e. The van der Waals surface area contributed by atoms with E-state index in [4.69, 9.17) is 10.6 Å². The minimum atomic E-state index is -0.326. The molecule has 0 fully saturated rings. The molecule has 2 rings (SSSR count). The maximum atomic E-state index is 12.0. The van der Waals surface area contributed by atoms with E-state index in [0.717, 1.165) is 0 Å². The standard InChI is InChI=1S/C12H16N6O2/c1-20-6-5-18-8-9(7-14-18)15-12(19)10-3-2-4-11(16-10)17-13/h2-4,7-8H,5-6,13H2,1H3,(H,15,19)(H,16,17). The molecule has 8 nitrogen and oxygen atoms in total. The van der Waals surface area contributed by atoms with Gasteiger partial charge in [-0.05, 0) is 12.1 Å². The van der Waals surface area contributed by atoms with Crippen LogP contribution in [0.3, 0.4) is 0 Å². The summed E-state index contributed by atoms with van der Waals surface area (Å²) in [6.45, 7) is 1.18. The van der Waals surface area contributed by atoms with Gasteiger partial charge < -0.3 is 15.5 Å². The van der Waals surface area contributed by atoms with Crippen molar-refractivity contribution < 1.29 is 9.53 Å². The summed E-state index contributed by atoms with van der Waals surface area (Å²) in [7, 11) is 1.62. The number of anilines is 2. The number of nitrogens with two attached hydrogens (primary N) is 1. The molecule has 20 heavy (non-hydrogen) atoms. The Morgan fingerprint density at radius 3 is 3.10 bits per heavy atom. The highest BCUT2D eigenvalue weighted by Crippen LogP contribution is 2.09. The normalized spacial score (nSPS) is 10.3. The van der Waals surface area contributed by atoms with E-state index in [1.54, 1.807) is 42.4 Å². The van der Waals surface area contributed by atoms with Crippen molar-refractivity contribution in [1.29, 1.82) is 0 Å². The van der Waals surface area contributed by atoms with Crippen LogP contribution in [-0.4, -0.2) is 34.4 Å². The first-order chi connectivity index (χ1) is 9.72. The second kappa shape index (κ2) is 6.64. The molecule has 0 unspecified atom stereocenters. The van der Waals surface area contributed by atoms with E-state index in [0.29, 0.717) is 24.7 Å². The molecule has 0 saturated heterocycles. The van der Waals surface area contributed by atoms with Crippen molar-refractivity contribution in [3.8, 4) is 0 Å². The van der Waals surface area contributed by atoms with Gasteiger partial charge in [-0.15, -0.1) is 0 Å². The Labute approximate surface area is 115 Å². The third-order valence-corrected chi connectivity index (χ3v) is 2.55. The van der Waals surface area contributed by atoms with E-state index in [1.807, 2.05) is 0 Å². The lowest BCUT2D eigenvalue weighted by atomic mass is 10.3. The highest BCUT2D eigenvalue weighted by atomic mass is 16.5. The van der Waals surface area contributed by atoms with Crippen molar-refractivity contribution in [3.63, 3.8) is 0 Å². The number of carbonyl (C=O) groups excluding carboxylic acids is 1. The predicted octanol–water partition coefficient (Wildman–Crippen LogP) is 0.462. The highest BCUT2D eigenvalue weighted by Gasteiger charge is 2.09. The Hall–Kier alpha value is -2.45. The maximum absolute atomic E-state index is 12.0. The number of rotatable bonds is 6. The zero-order chi connectivity index (χ0) is 14.4. The van der Waals surface area contributed by atoms with Crippen molar-refractivity contribution in [2.24, 2.45) is 5.84 Å². The molecule has 2 heterocycles. The van der Waals surface area contributed by atoms with Crippen LogP contribution < -0.4 is 16.6 Å². The molecular formula is C12H16N6O2. The van der Waals surface area contributed by atoms with Gasteiger partial charge in [0.15, 0.2) is 0 Å². The summed E-state index contributed by atoms with van der Waals surface area (Å²) < 4.78 is 6.64. The SMILES string of the molecule is COCCn1cc(NC(=O)c2cccc(NN)n2)cn1. The van der Waals surface area contributed by atoms with E-state index >= 15 is 0 Å². The number of hydrogen-bond acceptors (Lipinski definition) is 6. The van der Waals surface area contributed by atoms with E-state index in [2.05, 4.69) is 20.8 Å². The van der Waals surface area contributed by atoms with Crippen LogP contribution in [0.15, 0.2) is 30.6 Å². The molecular weight excluding hydrogens is 260 g/mol. The Kier molecular flexibility index (Phi) is 4.64. The zero-order valence-corrected chi connectivity index (χ0v) is 11.0. The van der Waals surface area contributed by atoms with Gasteiger partial charge in [0.25, 0.3) is 5.91 Å². The summed E-state index contributed by atoms with van der Waals surface area (Å²) in [5.74, 6) is 5.35. The number of methoxy groups -OCH3 is 1. The fourth-order valence-electron chi connectivity index (χ4n) is 1.57. The molecule has 2 aromatic heterocycles. The van der Waals surface area contributed by atoms with E-state index in [-0.39, 0.29) is 11.6 Å². The molecule has 0 atom stereocenters. The van der Waals surface area contributed by atoms with Crippen LogP contribution in [0.25, 0.3) is 0 Å². The van der Waals surface area contributed by atoms with Crippen LogP contribution in [0, 0.1) is 0 Å². The molecule has 0 saturated carbocycles. The fraction of sp³-hybridized carbons (Fsp3) is 0.250. The molecule has 0 aliphatic rings. The van der Waals surface area contributed by atoms with Gasteiger partial charge in [-0.3, -0.25) is 9.48 Å². The molecule has 8 heteroatoms. The first-order valence-electron chi connectivity index (χ1n) is 5.99. The number of nitrogens with zero attached hydrogens (tertiary/aromatic N) is 3. The number of nitrogens with one attached hydrogen (secondary N) is 2. The number of pyridine rings is 1. The van der Waals surface area contributed by atoms with Crippen molar-refractivity contribution in [1.82, 2.24) is 14.8 Å². The molecule has 1 amide bonds. The van der Waals surface area contributed by atoms with Gasteiger partial charge >= 0.3 is 0 Å². The fourth-order valence-corrected chi connectivity index (χ4v) is 1.57. The number of ether oxygens (including phenoxy) is 1. The molecule has 2 aromatic rings. The summed E-state index contributed by atoms with van der Waals surface area (Å²) >= 11 is 0. The smallest absolute Gasteiger partial charge is 0.274 e. The Morgan fingerprint density at radius 1 is 1.50 bits per heavy atom. The van der Waals surface area contributed by atoms with Crippen LogP contribution in [0.4, 0.5) is 11.5 Å². The van der Waals surface area contributed by atoms with Gasteiger partial charge in [-0.25, -0.2) is 10.8 Å². The van der Waals surface area contributed by atoms with Crippen molar-refractivity contribution >= 4 is 17.4 Å². The molecule has 0 bridgehead atoms. The van der Waals surface area contributed by atoms with Crippen LogP contribution >= 0.6 is 0 Å². The summed E-state index contributed by atoms with van der Waals surface area (Å²) in [5, 5.41) is 6.82. The van der Waals surface area contributed by atoms with Crippen LogP contribution in [0.5, 0.6) is 0 Å². The first-order valence-corrected chi connectivity index (χ1v) is 5.99. The van der Waals surface area contributed by atoms with Crippen molar-refractivity contribution in [2.45, 2.75) is 6.54 Å². The summed E-state index contributed by atoms with van der Waals surface area (Å²) in [6.07, 6.45) is 3.29. The maximum Gasteiger partial charge on any atom is 0.274 e. The third-order valence-electron chi connectivity index (χ3n) is 2.55. The predicted molar refractivity (Wildman–Crippen MR) is 74.1 cm³/mol. The lowest BCUT2D eigenvalue weighted by Gasteiger charge is -2.04. The highest BCUT2D eigenvalue weighted by molar-refractivity contribution is 6.02. The third kappa shape index (κ3) is 3.53. The molecule has 0 aliphatic heterocycles. The number of nitrogen functional groups attached to an aromatic ring is 1. The van der Waals surface area contributed by atoms with Gasteiger partial charge in [-0.1, -0.05) is 6.07 Å². The average Bonchev–Trinajstić information content (AvgIpc) is 2.92. The molecule has 0 aromatic carbocycles. The zero-order valence-electron chi connectivity index (χ0n) is 11.0. The number of aromatic nitrogens is 3. The minimum absolute atomic E-state index is 0.269. The summed E-state index contributed by atoms with van der Waals surface area (Å²) in [4.78, 5) is 16.0. The van der Waals surface area contributed by atoms with E-state index < -0.39 is 0 Å². The van der Waals surface area contributed by atoms with Gasteiger partial charge in [0, 0.05) is 13.3 Å². The van der Waals surface area contributed by atoms with E-state index in [9.17, 15) is 4.79 Å². The molecule has 106 valence electrons. The topological polar surface area (TPSA) is 107 Å². The van der Waals surface area contributed by atoms with Gasteiger partial charge in [0.2, 0.25) is 0 Å². The average molecular weight is 276 g/mol. The van der Waals surface area contributed by atoms with Crippen molar-refractivity contribution in [2.75, 3.05) is 24.5 Å². The number of amides is 1. The molecule has 0 aliphatic carbocycles. The molecule has 4 N–H and O–H groups in total. The van der Waals surface area contributed by atoms with Crippen molar-refractivity contribution in [3.05, 3.63) is 36.3 Å². The lowest BCUT2D eigenvalue weighted by Crippen LogP contribution is -2.15. The van der Waals surface area contributed by atoms with Crippen LogP contribution in [0.2, 0.25) is 0 Å². The first kappa shape index (κ1) is 14.0. The monoisotopic (exact) mass is 276 g/mol. The number of carbonyl (C=O) groups is 1. The molecule has 0 radical (unpaired) electrons. The number of hydrogen-bond donors (Lipinski definition) is 3. The Balaban J connectivity index is 2.01. The second-order valence-corrected chi connectivity index (χ2v) is 3.99. The summed E-state index contributed by atoms with van der Waals surface area (Å²) in [5.41, 5.74) is 3.26. The van der Waals surface area contributed by atoms with Crippen LogP contribution in [-0.2, 0) is 11.3 Å². The lowest BCUT2D eigenvalue weighted by molar-refractivity contribution is 0.102. The Bertz CT molecular complexity index is 583.